The smallest absolute Gasteiger partial charge is 0.0955 e. The van der Waals surface area contributed by atoms with Gasteiger partial charge in [-0.15, -0.1) is 12.4 Å². The van der Waals surface area contributed by atoms with Gasteiger partial charge in [0.2, 0.25) is 0 Å². The lowest BCUT2D eigenvalue weighted by molar-refractivity contribution is 0.0489. The number of nitrogens with zero attached hydrogens (tertiary/aromatic N) is 1. The third kappa shape index (κ3) is 2.63. The van der Waals surface area contributed by atoms with Gasteiger partial charge in [-0.25, -0.2) is 0 Å². The third-order valence-electron chi connectivity index (χ3n) is 3.40. The maximum Gasteiger partial charge on any atom is 0.0955 e. The van der Waals surface area contributed by atoms with E-state index in [0.29, 0.717) is 6.54 Å². The average Bonchev–Trinajstić information content (AvgIpc) is 2.47. The Morgan fingerprint density at radius 2 is 2.16 bits per heavy atom. The van der Waals surface area contributed by atoms with Crippen molar-refractivity contribution in [3.8, 4) is 11.1 Å². The highest BCUT2D eigenvalue weighted by atomic mass is 35.5. The fraction of sp³-hybridized carbons (Fsp3) is 0.267. The first kappa shape index (κ1) is 14.0. The van der Waals surface area contributed by atoms with Gasteiger partial charge in [0, 0.05) is 24.5 Å². The minimum absolute atomic E-state index is 0. The number of halogens is 1. The zero-order valence-corrected chi connectivity index (χ0v) is 11.4. The molecule has 2 aromatic rings. The van der Waals surface area contributed by atoms with Crippen LogP contribution in [-0.4, -0.2) is 18.1 Å². The molecule has 0 bridgehead atoms. The standard InChI is InChI=1S/C15H16N2O.ClH/c16-9-14-15-11(6-8-18-14)3-1-5-13(15)12-4-2-7-17-10-12;/h1-5,7,10,14H,6,8-9,16H2;1H/t14-;/m1./s1. The predicted octanol–water partition coefficient (Wildman–Crippen LogP) is 2.74. The zero-order valence-electron chi connectivity index (χ0n) is 10.6. The summed E-state index contributed by atoms with van der Waals surface area (Å²) in [4.78, 5) is 4.19. The van der Waals surface area contributed by atoms with E-state index >= 15 is 0 Å². The molecule has 19 heavy (non-hydrogen) atoms. The van der Waals surface area contributed by atoms with Crippen LogP contribution in [0, 0.1) is 0 Å². The van der Waals surface area contributed by atoms with Gasteiger partial charge in [0.1, 0.15) is 0 Å². The highest BCUT2D eigenvalue weighted by Crippen LogP contribution is 2.35. The number of pyridine rings is 1. The molecule has 1 aliphatic heterocycles. The van der Waals surface area contributed by atoms with Gasteiger partial charge in [-0.3, -0.25) is 4.98 Å². The SMILES string of the molecule is Cl.NC[C@H]1OCCc2cccc(-c3cccnc3)c21. The fourth-order valence-corrected chi connectivity index (χ4v) is 2.57. The largest absolute Gasteiger partial charge is 0.372 e. The third-order valence-corrected chi connectivity index (χ3v) is 3.40. The van der Waals surface area contributed by atoms with Crippen molar-refractivity contribution in [3.63, 3.8) is 0 Å². The minimum Gasteiger partial charge on any atom is -0.372 e. The zero-order chi connectivity index (χ0) is 12.4. The molecular formula is C15H17ClN2O. The van der Waals surface area contributed by atoms with Crippen LogP contribution in [-0.2, 0) is 11.2 Å². The quantitative estimate of drug-likeness (QED) is 0.917. The summed E-state index contributed by atoms with van der Waals surface area (Å²) >= 11 is 0. The summed E-state index contributed by atoms with van der Waals surface area (Å²) in [6, 6.07) is 10.4. The summed E-state index contributed by atoms with van der Waals surface area (Å²) in [5, 5.41) is 0. The van der Waals surface area contributed by atoms with Crippen LogP contribution < -0.4 is 5.73 Å². The Hall–Kier alpha value is -1.42. The normalized spacial score (nSPS) is 17.4. The number of aromatic nitrogens is 1. The number of ether oxygens (including phenoxy) is 1. The first-order valence-corrected chi connectivity index (χ1v) is 6.24. The number of rotatable bonds is 2. The number of nitrogens with two attached hydrogens (primary N) is 1. The van der Waals surface area contributed by atoms with E-state index in [1.165, 1.54) is 16.7 Å². The second-order valence-corrected chi connectivity index (χ2v) is 4.47. The van der Waals surface area contributed by atoms with Gasteiger partial charge in [-0.2, -0.15) is 0 Å². The Balaban J connectivity index is 0.00000133. The van der Waals surface area contributed by atoms with Gasteiger partial charge in [0.05, 0.1) is 12.7 Å². The van der Waals surface area contributed by atoms with Crippen LogP contribution in [0.25, 0.3) is 11.1 Å². The highest BCUT2D eigenvalue weighted by Gasteiger charge is 2.23. The van der Waals surface area contributed by atoms with E-state index in [4.69, 9.17) is 10.5 Å². The molecule has 1 aromatic heterocycles. The summed E-state index contributed by atoms with van der Waals surface area (Å²) < 4.78 is 5.77. The van der Waals surface area contributed by atoms with E-state index in [1.54, 1.807) is 6.20 Å². The molecule has 100 valence electrons. The minimum atomic E-state index is 0. The summed E-state index contributed by atoms with van der Waals surface area (Å²) in [5.41, 5.74) is 10.7. The molecule has 0 saturated heterocycles. The molecule has 3 nitrogen and oxygen atoms in total. The summed E-state index contributed by atoms with van der Waals surface area (Å²) in [6.45, 7) is 1.27. The first-order valence-electron chi connectivity index (χ1n) is 6.24. The van der Waals surface area contributed by atoms with Crippen molar-refractivity contribution >= 4 is 12.4 Å². The maximum absolute atomic E-state index is 5.82. The maximum atomic E-state index is 5.82. The molecule has 0 amide bonds. The van der Waals surface area contributed by atoms with Gasteiger partial charge >= 0.3 is 0 Å². The lowest BCUT2D eigenvalue weighted by atomic mass is 9.90. The summed E-state index contributed by atoms with van der Waals surface area (Å²) in [7, 11) is 0. The van der Waals surface area contributed by atoms with Crippen molar-refractivity contribution in [2.75, 3.05) is 13.2 Å². The molecule has 1 atom stereocenters. The molecule has 0 fully saturated rings. The Kier molecular flexibility index (Phi) is 4.53. The Bertz CT molecular complexity index is 545. The van der Waals surface area contributed by atoms with E-state index < -0.39 is 0 Å². The van der Waals surface area contributed by atoms with Gasteiger partial charge in [0.25, 0.3) is 0 Å². The molecule has 3 rings (SSSR count). The van der Waals surface area contributed by atoms with Crippen molar-refractivity contribution in [1.29, 1.82) is 0 Å². The molecule has 0 unspecified atom stereocenters. The van der Waals surface area contributed by atoms with Crippen LogP contribution in [0.5, 0.6) is 0 Å². The molecule has 2 N–H and O–H groups in total. The molecular weight excluding hydrogens is 260 g/mol. The summed E-state index contributed by atoms with van der Waals surface area (Å²) in [6.07, 6.45) is 4.64. The van der Waals surface area contributed by atoms with Gasteiger partial charge in [-0.1, -0.05) is 24.3 Å². The van der Waals surface area contributed by atoms with Crippen molar-refractivity contribution in [1.82, 2.24) is 4.98 Å². The average molecular weight is 277 g/mol. The van der Waals surface area contributed by atoms with E-state index in [-0.39, 0.29) is 18.5 Å². The fourth-order valence-electron chi connectivity index (χ4n) is 2.57. The second kappa shape index (κ2) is 6.15. The molecule has 0 radical (unpaired) electrons. The van der Waals surface area contributed by atoms with Crippen molar-refractivity contribution in [2.45, 2.75) is 12.5 Å². The van der Waals surface area contributed by atoms with E-state index in [2.05, 4.69) is 29.2 Å². The molecule has 0 spiro atoms. The molecule has 1 aliphatic rings. The van der Waals surface area contributed by atoms with Crippen LogP contribution >= 0.6 is 12.4 Å². The van der Waals surface area contributed by atoms with Crippen LogP contribution in [0.3, 0.4) is 0 Å². The number of benzene rings is 1. The topological polar surface area (TPSA) is 48.1 Å². The van der Waals surface area contributed by atoms with Crippen LogP contribution in [0.2, 0.25) is 0 Å². The van der Waals surface area contributed by atoms with Crippen LogP contribution in [0.1, 0.15) is 17.2 Å². The van der Waals surface area contributed by atoms with Crippen molar-refractivity contribution in [3.05, 3.63) is 53.9 Å². The number of hydrogen-bond acceptors (Lipinski definition) is 3. The van der Waals surface area contributed by atoms with E-state index in [9.17, 15) is 0 Å². The monoisotopic (exact) mass is 276 g/mol. The van der Waals surface area contributed by atoms with E-state index in [0.717, 1.165) is 18.6 Å². The van der Waals surface area contributed by atoms with Gasteiger partial charge in [-0.05, 0) is 29.2 Å². The number of fused-ring (bicyclic) bond motifs is 1. The Morgan fingerprint density at radius 1 is 1.26 bits per heavy atom. The van der Waals surface area contributed by atoms with Crippen molar-refractivity contribution in [2.24, 2.45) is 5.73 Å². The van der Waals surface area contributed by atoms with Gasteiger partial charge in [0.15, 0.2) is 0 Å². The molecule has 2 heterocycles. The summed E-state index contributed by atoms with van der Waals surface area (Å²) in [5.74, 6) is 0. The molecule has 0 aliphatic carbocycles. The Morgan fingerprint density at radius 3 is 2.89 bits per heavy atom. The second-order valence-electron chi connectivity index (χ2n) is 4.47. The lowest BCUT2D eigenvalue weighted by Gasteiger charge is -2.27. The highest BCUT2D eigenvalue weighted by molar-refractivity contribution is 5.85. The van der Waals surface area contributed by atoms with E-state index in [1.807, 2.05) is 12.3 Å². The van der Waals surface area contributed by atoms with Gasteiger partial charge < -0.3 is 10.5 Å². The Labute approximate surface area is 119 Å². The molecule has 4 heteroatoms. The van der Waals surface area contributed by atoms with Crippen LogP contribution in [0.15, 0.2) is 42.7 Å². The number of hydrogen-bond donors (Lipinski definition) is 1. The molecule has 0 saturated carbocycles. The molecule has 1 aromatic carbocycles. The predicted molar refractivity (Wildman–Crippen MR) is 78.4 cm³/mol. The lowest BCUT2D eigenvalue weighted by Crippen LogP contribution is -2.23. The van der Waals surface area contributed by atoms with Crippen molar-refractivity contribution < 1.29 is 4.74 Å². The first-order chi connectivity index (χ1) is 8.90. The van der Waals surface area contributed by atoms with Crippen LogP contribution in [0.4, 0.5) is 0 Å².